The smallest absolute Gasteiger partial charge is 0.182 e. The SMILES string of the molecule is Fc1cc(F)c2[nH]c(=S)n(-c3ccc(Cl)c(Br)c3)c2c1. The van der Waals surface area contributed by atoms with Crippen molar-refractivity contribution < 1.29 is 8.78 Å². The van der Waals surface area contributed by atoms with Gasteiger partial charge in [-0.05, 0) is 46.3 Å². The second-order valence-electron chi connectivity index (χ2n) is 4.15. The molecule has 0 aliphatic heterocycles. The van der Waals surface area contributed by atoms with Crippen molar-refractivity contribution in [3.8, 4) is 5.69 Å². The number of hydrogen-bond donors (Lipinski definition) is 1. The number of nitrogens with one attached hydrogen (secondary N) is 1. The van der Waals surface area contributed by atoms with E-state index >= 15 is 0 Å². The van der Waals surface area contributed by atoms with Gasteiger partial charge < -0.3 is 4.98 Å². The van der Waals surface area contributed by atoms with Crippen LogP contribution in [0.5, 0.6) is 0 Å². The summed E-state index contributed by atoms with van der Waals surface area (Å²) >= 11 is 14.4. The highest BCUT2D eigenvalue weighted by molar-refractivity contribution is 9.10. The van der Waals surface area contributed by atoms with E-state index in [1.807, 2.05) is 0 Å². The molecule has 0 saturated carbocycles. The van der Waals surface area contributed by atoms with Crippen LogP contribution >= 0.6 is 39.7 Å². The largest absolute Gasteiger partial charge is 0.328 e. The Kier molecular flexibility index (Phi) is 3.40. The van der Waals surface area contributed by atoms with E-state index in [4.69, 9.17) is 23.8 Å². The Morgan fingerprint density at radius 2 is 1.95 bits per heavy atom. The maximum Gasteiger partial charge on any atom is 0.182 e. The van der Waals surface area contributed by atoms with Crippen LogP contribution < -0.4 is 0 Å². The lowest BCUT2D eigenvalue weighted by atomic mass is 10.2. The normalized spacial score (nSPS) is 11.2. The van der Waals surface area contributed by atoms with E-state index in [1.165, 1.54) is 6.07 Å². The lowest BCUT2D eigenvalue weighted by Gasteiger charge is -2.06. The third-order valence-corrected chi connectivity index (χ3v) is 4.37. The molecule has 1 aromatic heterocycles. The topological polar surface area (TPSA) is 20.7 Å². The summed E-state index contributed by atoms with van der Waals surface area (Å²) in [6, 6.07) is 7.17. The quantitative estimate of drug-likeness (QED) is 0.566. The molecule has 0 atom stereocenters. The van der Waals surface area contributed by atoms with Crippen molar-refractivity contribution in [2.45, 2.75) is 0 Å². The zero-order chi connectivity index (χ0) is 14.4. The fourth-order valence-electron chi connectivity index (χ4n) is 2.01. The first-order valence-electron chi connectivity index (χ1n) is 5.52. The Balaban J connectivity index is 2.38. The van der Waals surface area contributed by atoms with E-state index in [-0.39, 0.29) is 10.3 Å². The first-order chi connectivity index (χ1) is 9.47. The number of rotatable bonds is 1. The molecule has 1 heterocycles. The van der Waals surface area contributed by atoms with E-state index in [0.29, 0.717) is 20.7 Å². The molecular weight excluding hydrogens is 370 g/mol. The van der Waals surface area contributed by atoms with Gasteiger partial charge in [0.25, 0.3) is 0 Å². The second-order valence-corrected chi connectivity index (χ2v) is 5.79. The van der Waals surface area contributed by atoms with Crippen molar-refractivity contribution in [3.05, 3.63) is 56.2 Å². The molecule has 0 fully saturated rings. The van der Waals surface area contributed by atoms with E-state index in [2.05, 4.69) is 20.9 Å². The fourth-order valence-corrected chi connectivity index (χ4v) is 2.80. The highest BCUT2D eigenvalue weighted by atomic mass is 79.9. The first-order valence-corrected chi connectivity index (χ1v) is 7.10. The van der Waals surface area contributed by atoms with Gasteiger partial charge in [-0.1, -0.05) is 11.6 Å². The van der Waals surface area contributed by atoms with Crippen LogP contribution in [0.25, 0.3) is 16.7 Å². The summed E-state index contributed by atoms with van der Waals surface area (Å²) in [4.78, 5) is 2.74. The lowest BCUT2D eigenvalue weighted by molar-refractivity contribution is 0.590. The van der Waals surface area contributed by atoms with Gasteiger partial charge in [-0.2, -0.15) is 0 Å². The molecule has 3 rings (SSSR count). The van der Waals surface area contributed by atoms with Gasteiger partial charge in [0.1, 0.15) is 11.3 Å². The number of H-pyrrole nitrogens is 1. The summed E-state index contributed by atoms with van der Waals surface area (Å²) in [6.45, 7) is 0. The number of benzene rings is 2. The molecule has 0 saturated heterocycles. The van der Waals surface area contributed by atoms with Gasteiger partial charge in [0.2, 0.25) is 0 Å². The predicted molar refractivity (Wildman–Crippen MR) is 81.1 cm³/mol. The van der Waals surface area contributed by atoms with Crippen molar-refractivity contribution in [1.29, 1.82) is 0 Å². The van der Waals surface area contributed by atoms with Crippen LogP contribution in [-0.2, 0) is 0 Å². The molecule has 2 nitrogen and oxygen atoms in total. The molecule has 0 amide bonds. The Morgan fingerprint density at radius 3 is 2.65 bits per heavy atom. The number of fused-ring (bicyclic) bond motifs is 1. The van der Waals surface area contributed by atoms with Crippen LogP contribution in [0.2, 0.25) is 5.02 Å². The molecule has 0 bridgehead atoms. The van der Waals surface area contributed by atoms with Crippen LogP contribution in [0.4, 0.5) is 8.78 Å². The summed E-state index contributed by atoms with van der Waals surface area (Å²) in [5.74, 6) is -1.34. The van der Waals surface area contributed by atoms with Gasteiger partial charge in [-0.15, -0.1) is 0 Å². The Labute approximate surface area is 131 Å². The molecule has 0 unspecified atom stereocenters. The molecule has 102 valence electrons. The van der Waals surface area contributed by atoms with Crippen LogP contribution in [0.15, 0.2) is 34.8 Å². The number of nitrogens with zero attached hydrogens (tertiary/aromatic N) is 1. The monoisotopic (exact) mass is 374 g/mol. The zero-order valence-corrected chi connectivity index (χ0v) is 12.9. The number of aromatic nitrogens is 2. The Morgan fingerprint density at radius 1 is 1.20 bits per heavy atom. The third kappa shape index (κ3) is 2.17. The zero-order valence-electron chi connectivity index (χ0n) is 9.75. The van der Waals surface area contributed by atoms with E-state index in [1.54, 1.807) is 22.8 Å². The fraction of sp³-hybridized carbons (Fsp3) is 0. The molecule has 3 aromatic rings. The van der Waals surface area contributed by atoms with Gasteiger partial charge in [0.05, 0.1) is 10.5 Å². The summed E-state index contributed by atoms with van der Waals surface area (Å²) in [7, 11) is 0. The van der Waals surface area contributed by atoms with E-state index in [0.717, 1.165) is 6.07 Å². The number of aromatic amines is 1. The molecular formula is C13H6BrClF2N2S. The number of imidazole rings is 1. The van der Waals surface area contributed by atoms with Crippen molar-refractivity contribution in [2.75, 3.05) is 0 Å². The summed E-state index contributed by atoms with van der Waals surface area (Å²) in [5, 5.41) is 0.539. The van der Waals surface area contributed by atoms with Crippen LogP contribution in [-0.4, -0.2) is 9.55 Å². The average molecular weight is 376 g/mol. The molecule has 0 aliphatic carbocycles. The molecule has 20 heavy (non-hydrogen) atoms. The molecule has 7 heteroatoms. The third-order valence-electron chi connectivity index (χ3n) is 2.87. The maximum absolute atomic E-state index is 13.7. The minimum atomic E-state index is -0.683. The second kappa shape index (κ2) is 4.95. The minimum absolute atomic E-state index is 0.169. The van der Waals surface area contributed by atoms with Gasteiger partial charge in [-0.25, -0.2) is 8.78 Å². The lowest BCUT2D eigenvalue weighted by Crippen LogP contribution is -1.94. The predicted octanol–water partition coefficient (Wildman–Crippen LogP) is 5.38. The van der Waals surface area contributed by atoms with Gasteiger partial charge in [0, 0.05) is 22.3 Å². The van der Waals surface area contributed by atoms with Gasteiger partial charge in [0.15, 0.2) is 10.6 Å². The van der Waals surface area contributed by atoms with Crippen LogP contribution in [0, 0.1) is 16.4 Å². The maximum atomic E-state index is 13.7. The highest BCUT2D eigenvalue weighted by Crippen LogP contribution is 2.28. The van der Waals surface area contributed by atoms with Crippen molar-refractivity contribution in [2.24, 2.45) is 0 Å². The van der Waals surface area contributed by atoms with E-state index < -0.39 is 11.6 Å². The first kappa shape index (κ1) is 13.7. The van der Waals surface area contributed by atoms with Gasteiger partial charge >= 0.3 is 0 Å². The average Bonchev–Trinajstić information content (AvgIpc) is 2.70. The summed E-state index contributed by atoms with van der Waals surface area (Å²) in [6.07, 6.45) is 0. The molecule has 1 N–H and O–H groups in total. The minimum Gasteiger partial charge on any atom is -0.328 e. The van der Waals surface area contributed by atoms with Gasteiger partial charge in [-0.3, -0.25) is 4.57 Å². The van der Waals surface area contributed by atoms with Crippen molar-refractivity contribution in [1.82, 2.24) is 9.55 Å². The van der Waals surface area contributed by atoms with Crippen molar-refractivity contribution in [3.63, 3.8) is 0 Å². The van der Waals surface area contributed by atoms with Crippen LogP contribution in [0.3, 0.4) is 0 Å². The number of halogens is 4. The number of hydrogen-bond acceptors (Lipinski definition) is 1. The Hall–Kier alpha value is -1.24. The summed E-state index contributed by atoms with van der Waals surface area (Å²) < 4.78 is 29.7. The molecule has 0 aliphatic rings. The summed E-state index contributed by atoms with van der Waals surface area (Å²) in [5.41, 5.74) is 1.16. The standard InChI is InChI=1S/C13H6BrClF2N2S/c14-8-5-7(1-2-9(8)15)19-11-4-6(16)3-10(17)12(11)18-13(19)20/h1-5H,(H,18,20). The Bertz CT molecular complexity index is 888. The highest BCUT2D eigenvalue weighted by Gasteiger charge is 2.13. The molecule has 0 radical (unpaired) electrons. The van der Waals surface area contributed by atoms with Crippen molar-refractivity contribution >= 4 is 50.8 Å². The molecule has 0 spiro atoms. The van der Waals surface area contributed by atoms with E-state index in [9.17, 15) is 8.78 Å². The molecule has 2 aromatic carbocycles. The van der Waals surface area contributed by atoms with Crippen LogP contribution in [0.1, 0.15) is 0 Å².